The molecule has 84 valence electrons. The van der Waals surface area contributed by atoms with E-state index < -0.39 is 0 Å². The summed E-state index contributed by atoms with van der Waals surface area (Å²) in [5.41, 5.74) is 3.53. The van der Waals surface area contributed by atoms with Crippen LogP contribution in [0.5, 0.6) is 0 Å². The zero-order valence-electron chi connectivity index (χ0n) is 9.37. The van der Waals surface area contributed by atoms with Gasteiger partial charge in [0.1, 0.15) is 0 Å². The van der Waals surface area contributed by atoms with Gasteiger partial charge in [-0.1, -0.05) is 29.8 Å². The molecule has 0 radical (unpaired) electrons. The fourth-order valence-corrected chi connectivity index (χ4v) is 1.77. The summed E-state index contributed by atoms with van der Waals surface area (Å²) in [5.74, 6) is 0. The van der Waals surface area contributed by atoms with Crippen LogP contribution in [0, 0.1) is 18.3 Å². The van der Waals surface area contributed by atoms with Crippen molar-refractivity contribution in [2.75, 3.05) is 5.32 Å². The van der Waals surface area contributed by atoms with Gasteiger partial charge in [-0.15, -0.1) is 0 Å². The summed E-state index contributed by atoms with van der Waals surface area (Å²) in [6.07, 6.45) is 0. The van der Waals surface area contributed by atoms with Crippen molar-refractivity contribution in [2.24, 2.45) is 0 Å². The number of hydrogen-bond donors (Lipinski definition) is 1. The largest absolute Gasteiger partial charge is 0.354 e. The quantitative estimate of drug-likeness (QED) is 0.854. The first-order chi connectivity index (χ1) is 8.20. The first-order valence-corrected chi connectivity index (χ1v) is 5.61. The Morgan fingerprint density at radius 2 is 1.88 bits per heavy atom. The van der Waals surface area contributed by atoms with Gasteiger partial charge in [-0.3, -0.25) is 0 Å². The summed E-state index contributed by atoms with van der Waals surface area (Å²) in [6.45, 7) is 2.03. The summed E-state index contributed by atoms with van der Waals surface area (Å²) in [5, 5.41) is 12.6. The number of aryl methyl sites for hydroxylation is 1. The van der Waals surface area contributed by atoms with Crippen LogP contribution in [-0.4, -0.2) is 0 Å². The van der Waals surface area contributed by atoms with Crippen LogP contribution in [0.4, 0.5) is 11.4 Å². The minimum atomic E-state index is 0.548. The first kappa shape index (κ1) is 11.5. The van der Waals surface area contributed by atoms with Gasteiger partial charge in [0.2, 0.25) is 0 Å². The second kappa shape index (κ2) is 4.90. The maximum absolute atomic E-state index is 8.76. The van der Waals surface area contributed by atoms with Crippen LogP contribution in [0.25, 0.3) is 0 Å². The van der Waals surface area contributed by atoms with E-state index in [1.165, 1.54) is 0 Å². The van der Waals surface area contributed by atoms with Crippen molar-refractivity contribution in [3.8, 4) is 6.07 Å². The summed E-state index contributed by atoms with van der Waals surface area (Å²) in [4.78, 5) is 0. The van der Waals surface area contributed by atoms with E-state index in [-0.39, 0.29) is 0 Å². The number of nitriles is 1. The van der Waals surface area contributed by atoms with Gasteiger partial charge in [0, 0.05) is 5.69 Å². The molecule has 0 aromatic heterocycles. The Bertz CT molecular complexity index is 585. The zero-order valence-corrected chi connectivity index (χ0v) is 10.1. The zero-order chi connectivity index (χ0) is 12.3. The lowest BCUT2D eigenvalue weighted by Crippen LogP contribution is -1.93. The molecule has 1 N–H and O–H groups in total. The summed E-state index contributed by atoms with van der Waals surface area (Å²) >= 11 is 6.10. The summed E-state index contributed by atoms with van der Waals surface area (Å²) in [7, 11) is 0. The Morgan fingerprint density at radius 3 is 2.53 bits per heavy atom. The van der Waals surface area contributed by atoms with Crippen molar-refractivity contribution < 1.29 is 0 Å². The highest BCUT2D eigenvalue weighted by Gasteiger charge is 2.03. The van der Waals surface area contributed by atoms with Gasteiger partial charge < -0.3 is 5.32 Å². The molecule has 2 aromatic carbocycles. The van der Waals surface area contributed by atoms with Crippen molar-refractivity contribution in [3.63, 3.8) is 0 Å². The van der Waals surface area contributed by atoms with Crippen LogP contribution in [0.15, 0.2) is 42.5 Å². The summed E-state index contributed by atoms with van der Waals surface area (Å²) < 4.78 is 0. The van der Waals surface area contributed by atoms with Crippen LogP contribution < -0.4 is 5.32 Å². The van der Waals surface area contributed by atoms with Crippen molar-refractivity contribution in [3.05, 3.63) is 58.6 Å². The number of para-hydroxylation sites is 1. The first-order valence-electron chi connectivity index (χ1n) is 5.23. The second-order valence-corrected chi connectivity index (χ2v) is 4.15. The van der Waals surface area contributed by atoms with Crippen molar-refractivity contribution in [1.29, 1.82) is 5.26 Å². The van der Waals surface area contributed by atoms with E-state index in [4.69, 9.17) is 16.9 Å². The van der Waals surface area contributed by atoms with Crippen LogP contribution in [0.3, 0.4) is 0 Å². The number of hydrogen-bond acceptors (Lipinski definition) is 2. The molecule has 3 heteroatoms. The average molecular weight is 243 g/mol. The van der Waals surface area contributed by atoms with E-state index in [1.54, 1.807) is 12.1 Å². The molecular formula is C14H11ClN2. The molecule has 0 heterocycles. The third-order valence-corrected chi connectivity index (χ3v) is 2.83. The Morgan fingerprint density at radius 1 is 1.12 bits per heavy atom. The monoisotopic (exact) mass is 242 g/mol. The lowest BCUT2D eigenvalue weighted by molar-refractivity contribution is 1.42. The lowest BCUT2D eigenvalue weighted by Gasteiger charge is -2.10. The molecule has 0 aliphatic rings. The molecule has 2 aromatic rings. The molecule has 0 aliphatic carbocycles. The second-order valence-electron chi connectivity index (χ2n) is 3.75. The van der Waals surface area contributed by atoms with Crippen LogP contribution in [0.1, 0.15) is 11.1 Å². The molecular weight excluding hydrogens is 232 g/mol. The van der Waals surface area contributed by atoms with E-state index in [1.807, 2.05) is 37.3 Å². The molecule has 2 rings (SSSR count). The predicted octanol–water partition coefficient (Wildman–Crippen LogP) is 4.26. The summed E-state index contributed by atoms with van der Waals surface area (Å²) in [6, 6.07) is 15.2. The maximum atomic E-state index is 8.76. The van der Waals surface area contributed by atoms with Gasteiger partial charge in [0.05, 0.1) is 22.3 Å². The van der Waals surface area contributed by atoms with E-state index in [0.717, 1.165) is 16.9 Å². The Balaban J connectivity index is 2.32. The molecule has 0 unspecified atom stereocenters. The minimum absolute atomic E-state index is 0.548. The van der Waals surface area contributed by atoms with Gasteiger partial charge in [-0.05, 0) is 36.8 Å². The predicted molar refractivity (Wildman–Crippen MR) is 70.6 cm³/mol. The highest BCUT2D eigenvalue weighted by molar-refractivity contribution is 6.33. The highest BCUT2D eigenvalue weighted by Crippen LogP contribution is 2.27. The Kier molecular flexibility index (Phi) is 3.32. The third-order valence-electron chi connectivity index (χ3n) is 2.51. The number of rotatable bonds is 2. The van der Waals surface area contributed by atoms with Crippen molar-refractivity contribution in [2.45, 2.75) is 6.92 Å². The third kappa shape index (κ3) is 2.58. The van der Waals surface area contributed by atoms with E-state index in [0.29, 0.717) is 10.6 Å². The smallest absolute Gasteiger partial charge is 0.0992 e. The normalized spacial score (nSPS) is 9.71. The van der Waals surface area contributed by atoms with Crippen LogP contribution >= 0.6 is 11.6 Å². The fourth-order valence-electron chi connectivity index (χ4n) is 1.54. The number of halogens is 1. The standard InChI is InChI=1S/C14H11ClN2/c1-10-4-2-3-5-13(10)17-14-7-6-11(9-16)8-12(14)15/h2-8,17H,1H3. The van der Waals surface area contributed by atoms with Gasteiger partial charge in [0.25, 0.3) is 0 Å². The van der Waals surface area contributed by atoms with Crippen LogP contribution in [0.2, 0.25) is 5.02 Å². The van der Waals surface area contributed by atoms with E-state index in [2.05, 4.69) is 11.4 Å². The average Bonchev–Trinajstić information content (AvgIpc) is 2.34. The van der Waals surface area contributed by atoms with Gasteiger partial charge in [-0.25, -0.2) is 0 Å². The molecule has 0 fully saturated rings. The van der Waals surface area contributed by atoms with Crippen molar-refractivity contribution >= 4 is 23.0 Å². The van der Waals surface area contributed by atoms with E-state index in [9.17, 15) is 0 Å². The number of anilines is 2. The molecule has 0 spiro atoms. The maximum Gasteiger partial charge on any atom is 0.0992 e. The van der Waals surface area contributed by atoms with Gasteiger partial charge in [-0.2, -0.15) is 5.26 Å². The lowest BCUT2D eigenvalue weighted by atomic mass is 10.1. The molecule has 2 nitrogen and oxygen atoms in total. The van der Waals surface area contributed by atoms with E-state index >= 15 is 0 Å². The topological polar surface area (TPSA) is 35.8 Å². The molecule has 0 saturated heterocycles. The SMILES string of the molecule is Cc1ccccc1Nc1ccc(C#N)cc1Cl. The number of nitrogens with zero attached hydrogens (tertiary/aromatic N) is 1. The molecule has 0 saturated carbocycles. The molecule has 0 aliphatic heterocycles. The van der Waals surface area contributed by atoms with Crippen molar-refractivity contribution in [1.82, 2.24) is 0 Å². The molecule has 17 heavy (non-hydrogen) atoms. The molecule has 0 amide bonds. The van der Waals surface area contributed by atoms with Gasteiger partial charge in [0.15, 0.2) is 0 Å². The van der Waals surface area contributed by atoms with Gasteiger partial charge >= 0.3 is 0 Å². The molecule has 0 bridgehead atoms. The fraction of sp³-hybridized carbons (Fsp3) is 0.0714. The Hall–Kier alpha value is -1.98. The highest BCUT2D eigenvalue weighted by atomic mass is 35.5. The Labute approximate surface area is 105 Å². The minimum Gasteiger partial charge on any atom is -0.354 e. The van der Waals surface area contributed by atoms with Crippen LogP contribution in [-0.2, 0) is 0 Å². The number of nitrogens with one attached hydrogen (secondary N) is 1. The number of benzene rings is 2. The molecule has 0 atom stereocenters.